The second kappa shape index (κ2) is 3.83. The van der Waals surface area contributed by atoms with Gasteiger partial charge in [-0.3, -0.25) is 4.90 Å². The Labute approximate surface area is 105 Å². The largest absolute Gasteiger partial charge is 0.392 e. The molecule has 2 heteroatoms. The smallest absolute Gasteiger partial charge is 0.0671 e. The van der Waals surface area contributed by atoms with E-state index in [1.807, 2.05) is 0 Å². The normalized spacial score (nSPS) is 48.6. The first-order chi connectivity index (χ1) is 8.02. The Kier molecular flexibility index (Phi) is 2.64. The molecular weight excluding hydrogens is 210 g/mol. The molecule has 2 fully saturated rings. The summed E-state index contributed by atoms with van der Waals surface area (Å²) in [4.78, 5) is 2.68. The molecule has 1 saturated carbocycles. The molecule has 0 radical (unpaired) electrons. The Balaban J connectivity index is 1.92. The van der Waals surface area contributed by atoms with E-state index in [2.05, 4.69) is 44.7 Å². The Morgan fingerprint density at radius 2 is 1.76 bits per heavy atom. The van der Waals surface area contributed by atoms with Gasteiger partial charge in [-0.05, 0) is 31.6 Å². The minimum Gasteiger partial charge on any atom is -0.392 e. The van der Waals surface area contributed by atoms with Crippen molar-refractivity contribution >= 4 is 0 Å². The molecule has 96 valence electrons. The lowest BCUT2D eigenvalue weighted by Crippen LogP contribution is -2.43. The van der Waals surface area contributed by atoms with Crippen LogP contribution in [0.5, 0.6) is 0 Å². The van der Waals surface area contributed by atoms with Crippen molar-refractivity contribution in [2.45, 2.75) is 45.9 Å². The fraction of sp³-hybridized carbons (Fsp3) is 0.867. The highest BCUT2D eigenvalue weighted by Gasteiger charge is 2.59. The van der Waals surface area contributed by atoms with E-state index < -0.39 is 0 Å². The SMILES string of the molecule is CC(C)C1C2C3C=CC(C3O)C2CN1C(C)C. The molecule has 1 N–H and O–H groups in total. The summed E-state index contributed by atoms with van der Waals surface area (Å²) in [6.07, 6.45) is 4.48. The van der Waals surface area contributed by atoms with Gasteiger partial charge in [-0.2, -0.15) is 0 Å². The van der Waals surface area contributed by atoms with Crippen LogP contribution >= 0.6 is 0 Å². The first-order valence-electron chi connectivity index (χ1n) is 7.14. The molecule has 1 heterocycles. The number of aliphatic hydroxyl groups excluding tert-OH is 1. The second-order valence-corrected chi connectivity index (χ2v) is 6.80. The van der Waals surface area contributed by atoms with E-state index in [0.717, 1.165) is 0 Å². The summed E-state index contributed by atoms with van der Waals surface area (Å²) in [5.74, 6) is 2.96. The lowest BCUT2D eigenvalue weighted by atomic mass is 9.78. The minimum atomic E-state index is -0.0828. The zero-order chi connectivity index (χ0) is 12.3. The fourth-order valence-corrected chi connectivity index (χ4v) is 4.73. The molecule has 0 spiro atoms. The molecular formula is C15H25NO. The molecule has 1 saturated heterocycles. The van der Waals surface area contributed by atoms with Crippen LogP contribution in [-0.2, 0) is 0 Å². The highest BCUT2D eigenvalue weighted by molar-refractivity contribution is 5.23. The van der Waals surface area contributed by atoms with Crippen LogP contribution in [0.15, 0.2) is 12.2 Å². The van der Waals surface area contributed by atoms with Gasteiger partial charge in [-0.15, -0.1) is 0 Å². The van der Waals surface area contributed by atoms with Crippen LogP contribution in [-0.4, -0.2) is 34.7 Å². The number of hydrogen-bond acceptors (Lipinski definition) is 2. The summed E-state index contributed by atoms with van der Waals surface area (Å²) in [6, 6.07) is 1.29. The highest BCUT2D eigenvalue weighted by Crippen LogP contribution is 2.55. The molecule has 2 nitrogen and oxygen atoms in total. The van der Waals surface area contributed by atoms with Crippen molar-refractivity contribution in [3.8, 4) is 0 Å². The molecule has 17 heavy (non-hydrogen) atoms. The number of nitrogens with zero attached hydrogens (tertiary/aromatic N) is 1. The van der Waals surface area contributed by atoms with E-state index in [0.29, 0.717) is 41.7 Å². The summed E-state index contributed by atoms with van der Waals surface area (Å²) in [5.41, 5.74) is 0. The van der Waals surface area contributed by atoms with E-state index >= 15 is 0 Å². The van der Waals surface area contributed by atoms with Crippen LogP contribution in [0, 0.1) is 29.6 Å². The zero-order valence-electron chi connectivity index (χ0n) is 11.4. The van der Waals surface area contributed by atoms with Crippen molar-refractivity contribution in [1.29, 1.82) is 0 Å². The topological polar surface area (TPSA) is 23.5 Å². The number of hydrogen-bond donors (Lipinski definition) is 1. The molecule has 6 atom stereocenters. The number of likely N-dealkylation sites (tertiary alicyclic amines) is 1. The first kappa shape index (κ1) is 11.7. The molecule has 3 rings (SSSR count). The Bertz CT molecular complexity index is 336. The van der Waals surface area contributed by atoms with E-state index in [4.69, 9.17) is 0 Å². The van der Waals surface area contributed by atoms with Crippen molar-refractivity contribution in [2.75, 3.05) is 6.54 Å². The number of aliphatic hydroxyl groups is 1. The maximum absolute atomic E-state index is 10.3. The van der Waals surface area contributed by atoms with Gasteiger partial charge in [0.15, 0.2) is 0 Å². The van der Waals surface area contributed by atoms with Crippen LogP contribution < -0.4 is 0 Å². The van der Waals surface area contributed by atoms with Gasteiger partial charge in [-0.1, -0.05) is 26.0 Å². The van der Waals surface area contributed by atoms with Crippen molar-refractivity contribution in [3.05, 3.63) is 12.2 Å². The van der Waals surface area contributed by atoms with E-state index in [1.54, 1.807) is 0 Å². The Morgan fingerprint density at radius 3 is 2.35 bits per heavy atom. The Hall–Kier alpha value is -0.340. The standard InChI is InChI=1S/C15H25NO/c1-8(2)14-13-11-6-5-10(15(11)17)12(13)7-16(14)9(3)4/h5-6,8-15,17H,7H2,1-4H3. The fourth-order valence-electron chi connectivity index (χ4n) is 4.73. The molecule has 3 aliphatic rings. The van der Waals surface area contributed by atoms with Gasteiger partial charge in [0.25, 0.3) is 0 Å². The average Bonchev–Trinajstić information content (AvgIpc) is 2.86. The number of rotatable bonds is 2. The predicted octanol–water partition coefficient (Wildman–Crippen LogP) is 2.14. The van der Waals surface area contributed by atoms with Crippen LogP contribution in [0.1, 0.15) is 27.7 Å². The van der Waals surface area contributed by atoms with E-state index in [-0.39, 0.29) is 6.10 Å². The van der Waals surface area contributed by atoms with Crippen LogP contribution in [0.25, 0.3) is 0 Å². The van der Waals surface area contributed by atoms with Crippen LogP contribution in [0.3, 0.4) is 0 Å². The van der Waals surface area contributed by atoms with Crippen molar-refractivity contribution in [2.24, 2.45) is 29.6 Å². The molecule has 0 aromatic heterocycles. The average molecular weight is 235 g/mol. The molecule has 0 aromatic carbocycles. The first-order valence-corrected chi connectivity index (χ1v) is 7.14. The lowest BCUT2D eigenvalue weighted by molar-refractivity contribution is 0.0777. The van der Waals surface area contributed by atoms with Crippen LogP contribution in [0.4, 0.5) is 0 Å². The molecule has 0 amide bonds. The van der Waals surface area contributed by atoms with E-state index in [9.17, 15) is 5.11 Å². The molecule has 6 unspecified atom stereocenters. The molecule has 2 bridgehead atoms. The molecule has 2 aliphatic carbocycles. The van der Waals surface area contributed by atoms with Gasteiger partial charge >= 0.3 is 0 Å². The monoisotopic (exact) mass is 235 g/mol. The number of fused-ring (bicyclic) bond motifs is 5. The second-order valence-electron chi connectivity index (χ2n) is 6.80. The maximum atomic E-state index is 10.3. The maximum Gasteiger partial charge on any atom is 0.0671 e. The van der Waals surface area contributed by atoms with Crippen molar-refractivity contribution in [1.82, 2.24) is 4.90 Å². The minimum absolute atomic E-state index is 0.0828. The Morgan fingerprint density at radius 1 is 1.12 bits per heavy atom. The third-order valence-electron chi connectivity index (χ3n) is 5.32. The van der Waals surface area contributed by atoms with Crippen molar-refractivity contribution < 1.29 is 5.11 Å². The van der Waals surface area contributed by atoms with Gasteiger partial charge < -0.3 is 5.11 Å². The summed E-state index contributed by atoms with van der Waals surface area (Å²) in [5, 5.41) is 10.3. The van der Waals surface area contributed by atoms with Gasteiger partial charge in [0.2, 0.25) is 0 Å². The van der Waals surface area contributed by atoms with Crippen LogP contribution in [0.2, 0.25) is 0 Å². The molecule has 0 aromatic rings. The van der Waals surface area contributed by atoms with Crippen molar-refractivity contribution in [3.63, 3.8) is 0 Å². The van der Waals surface area contributed by atoms with Gasteiger partial charge in [0, 0.05) is 30.5 Å². The van der Waals surface area contributed by atoms with E-state index in [1.165, 1.54) is 6.54 Å². The van der Waals surface area contributed by atoms with Gasteiger partial charge in [0.1, 0.15) is 0 Å². The third-order valence-corrected chi connectivity index (χ3v) is 5.32. The lowest BCUT2D eigenvalue weighted by Gasteiger charge is -2.36. The summed E-state index contributed by atoms with van der Waals surface area (Å²) >= 11 is 0. The zero-order valence-corrected chi connectivity index (χ0v) is 11.4. The quantitative estimate of drug-likeness (QED) is 0.741. The summed E-state index contributed by atoms with van der Waals surface area (Å²) in [7, 11) is 0. The van der Waals surface area contributed by atoms with Gasteiger partial charge in [-0.25, -0.2) is 0 Å². The predicted molar refractivity (Wildman–Crippen MR) is 69.6 cm³/mol. The summed E-state index contributed by atoms with van der Waals surface area (Å²) < 4.78 is 0. The summed E-state index contributed by atoms with van der Waals surface area (Å²) in [6.45, 7) is 10.5. The molecule has 1 aliphatic heterocycles. The highest BCUT2D eigenvalue weighted by atomic mass is 16.3. The third kappa shape index (κ3) is 1.47. The van der Waals surface area contributed by atoms with Gasteiger partial charge in [0.05, 0.1) is 6.10 Å².